The van der Waals surface area contributed by atoms with Gasteiger partial charge in [-0.15, -0.1) is 0 Å². The van der Waals surface area contributed by atoms with Gasteiger partial charge in [-0.1, -0.05) is 0 Å². The van der Waals surface area contributed by atoms with Crippen LogP contribution in [0.4, 0.5) is 14.5 Å². The van der Waals surface area contributed by atoms with Gasteiger partial charge in [-0.05, 0) is 12.8 Å². The molecule has 2 unspecified atom stereocenters. The molecule has 1 heterocycles. The van der Waals surface area contributed by atoms with E-state index >= 15 is 0 Å². The van der Waals surface area contributed by atoms with E-state index in [0.29, 0.717) is 0 Å². The van der Waals surface area contributed by atoms with E-state index in [-0.39, 0.29) is 12.8 Å². The highest BCUT2D eigenvalue weighted by atomic mass is 19.3. The Bertz CT molecular complexity index is 455. The Balaban J connectivity index is 2.30. The lowest BCUT2D eigenvalue weighted by Gasteiger charge is -2.08. The molecule has 100 valence electrons. The molecule has 0 bridgehead atoms. The van der Waals surface area contributed by atoms with Gasteiger partial charge in [0.2, 0.25) is 5.69 Å². The molecular weight excluding hydrogens is 252 g/mol. The van der Waals surface area contributed by atoms with Crippen molar-refractivity contribution in [3.63, 3.8) is 0 Å². The number of nitrogens with zero attached hydrogens (tertiary/aromatic N) is 3. The van der Waals surface area contributed by atoms with Crippen LogP contribution in [0.2, 0.25) is 0 Å². The van der Waals surface area contributed by atoms with E-state index in [0.717, 1.165) is 10.9 Å². The molecule has 0 aliphatic heterocycles. The first kappa shape index (κ1) is 12.8. The minimum Gasteiger partial charge on any atom is -0.390 e. The van der Waals surface area contributed by atoms with Gasteiger partial charge in [-0.25, -0.2) is 8.78 Å². The van der Waals surface area contributed by atoms with E-state index in [1.165, 1.54) is 0 Å². The van der Waals surface area contributed by atoms with Crippen LogP contribution >= 0.6 is 0 Å². The third kappa shape index (κ3) is 2.18. The van der Waals surface area contributed by atoms with Gasteiger partial charge in [0.15, 0.2) is 0 Å². The average molecular weight is 263 g/mol. The lowest BCUT2D eigenvalue weighted by molar-refractivity contribution is -0.386. The zero-order chi connectivity index (χ0) is 13.4. The van der Waals surface area contributed by atoms with Crippen LogP contribution in [0.3, 0.4) is 0 Å². The van der Waals surface area contributed by atoms with Crippen molar-refractivity contribution < 1.29 is 23.9 Å². The third-order valence-corrected chi connectivity index (χ3v) is 2.99. The number of aliphatic hydroxyl groups is 2. The first-order valence-corrected chi connectivity index (χ1v) is 5.28. The van der Waals surface area contributed by atoms with Gasteiger partial charge in [0, 0.05) is 0 Å². The Morgan fingerprint density at radius 1 is 1.44 bits per heavy atom. The summed E-state index contributed by atoms with van der Waals surface area (Å²) in [6, 6.07) is -0.513. The predicted octanol–water partition coefficient (Wildman–Crippen LogP) is 0.786. The van der Waals surface area contributed by atoms with Crippen molar-refractivity contribution in [1.29, 1.82) is 0 Å². The monoisotopic (exact) mass is 263 g/mol. The fourth-order valence-corrected chi connectivity index (χ4v) is 2.06. The SMILES string of the molecule is O=[N+]([O-])c1cn(C2CC(O)C(O)C2)nc1C(F)F. The van der Waals surface area contributed by atoms with Gasteiger partial charge in [0.1, 0.15) is 6.20 Å². The van der Waals surface area contributed by atoms with Gasteiger partial charge in [0.25, 0.3) is 6.43 Å². The van der Waals surface area contributed by atoms with Crippen LogP contribution in [0.1, 0.15) is 31.0 Å². The fourth-order valence-electron chi connectivity index (χ4n) is 2.06. The highest BCUT2D eigenvalue weighted by Crippen LogP contribution is 2.34. The highest BCUT2D eigenvalue weighted by Gasteiger charge is 2.36. The maximum absolute atomic E-state index is 12.6. The lowest BCUT2D eigenvalue weighted by atomic mass is 10.2. The molecule has 1 aromatic rings. The average Bonchev–Trinajstić information content (AvgIpc) is 2.83. The minimum absolute atomic E-state index is 0.128. The number of aromatic nitrogens is 2. The summed E-state index contributed by atoms with van der Waals surface area (Å²) in [6.45, 7) is 0. The molecule has 1 aliphatic carbocycles. The first-order valence-electron chi connectivity index (χ1n) is 5.28. The van der Waals surface area contributed by atoms with Crippen LogP contribution in [0.5, 0.6) is 0 Å². The summed E-state index contributed by atoms with van der Waals surface area (Å²) in [7, 11) is 0. The zero-order valence-electron chi connectivity index (χ0n) is 9.11. The standard InChI is InChI=1S/C9H11F2N3O4/c10-9(11)8-5(14(17)18)3-13(12-8)4-1-6(15)7(16)2-4/h3-4,6-7,9,15-16H,1-2H2. The number of hydrogen-bond acceptors (Lipinski definition) is 5. The van der Waals surface area contributed by atoms with E-state index in [9.17, 15) is 29.1 Å². The molecule has 2 N–H and O–H groups in total. The molecule has 1 saturated carbocycles. The van der Waals surface area contributed by atoms with Crippen LogP contribution in [0.15, 0.2) is 6.20 Å². The molecule has 0 amide bonds. The van der Waals surface area contributed by atoms with Gasteiger partial charge in [-0.2, -0.15) is 5.10 Å². The second-order valence-corrected chi connectivity index (χ2v) is 4.20. The largest absolute Gasteiger partial charge is 0.390 e. The number of halogens is 2. The van der Waals surface area contributed by atoms with E-state index in [2.05, 4.69) is 5.10 Å². The Hall–Kier alpha value is -1.61. The van der Waals surface area contributed by atoms with Crippen LogP contribution in [0, 0.1) is 10.1 Å². The van der Waals surface area contributed by atoms with Crippen molar-refractivity contribution in [2.24, 2.45) is 0 Å². The summed E-state index contributed by atoms with van der Waals surface area (Å²) < 4.78 is 26.2. The van der Waals surface area contributed by atoms with Crippen molar-refractivity contribution in [3.8, 4) is 0 Å². The second kappa shape index (κ2) is 4.58. The molecule has 0 spiro atoms. The molecule has 1 aliphatic rings. The van der Waals surface area contributed by atoms with Crippen molar-refractivity contribution in [2.45, 2.75) is 37.5 Å². The zero-order valence-corrected chi connectivity index (χ0v) is 9.11. The van der Waals surface area contributed by atoms with Crippen LogP contribution < -0.4 is 0 Å². The summed E-state index contributed by atoms with van der Waals surface area (Å²) in [5.41, 5.74) is -1.64. The lowest BCUT2D eigenvalue weighted by Crippen LogP contribution is -2.17. The van der Waals surface area contributed by atoms with Gasteiger partial charge >= 0.3 is 5.69 Å². The Labute approximate surface area is 99.8 Å². The van der Waals surface area contributed by atoms with Crippen molar-refractivity contribution in [1.82, 2.24) is 9.78 Å². The molecule has 1 aromatic heterocycles. The van der Waals surface area contributed by atoms with E-state index in [1.807, 2.05) is 0 Å². The molecule has 0 aromatic carbocycles. The molecule has 1 fully saturated rings. The van der Waals surface area contributed by atoms with Crippen LogP contribution in [-0.2, 0) is 0 Å². The molecule has 9 heteroatoms. The van der Waals surface area contributed by atoms with Crippen molar-refractivity contribution in [2.75, 3.05) is 0 Å². The summed E-state index contributed by atoms with van der Waals surface area (Å²) in [5, 5.41) is 32.8. The minimum atomic E-state index is -3.04. The molecular formula is C9H11F2N3O4. The second-order valence-electron chi connectivity index (χ2n) is 4.20. The van der Waals surface area contributed by atoms with Gasteiger partial charge in [0.05, 0.1) is 23.2 Å². The third-order valence-electron chi connectivity index (χ3n) is 2.99. The van der Waals surface area contributed by atoms with Crippen molar-refractivity contribution >= 4 is 5.69 Å². The Morgan fingerprint density at radius 2 is 2.00 bits per heavy atom. The summed E-state index contributed by atoms with van der Waals surface area (Å²) in [6.07, 6.45) is -3.80. The smallest absolute Gasteiger partial charge is 0.316 e. The Kier molecular flexibility index (Phi) is 3.26. The maximum Gasteiger partial charge on any atom is 0.316 e. The molecule has 2 rings (SSSR count). The number of rotatable bonds is 3. The predicted molar refractivity (Wildman–Crippen MR) is 54.1 cm³/mol. The van der Waals surface area contributed by atoms with Crippen molar-refractivity contribution in [3.05, 3.63) is 22.0 Å². The number of alkyl halides is 2. The van der Waals surface area contributed by atoms with E-state index in [4.69, 9.17) is 0 Å². The van der Waals surface area contributed by atoms with E-state index in [1.54, 1.807) is 0 Å². The van der Waals surface area contributed by atoms with Gasteiger partial charge in [-0.3, -0.25) is 14.8 Å². The molecule has 18 heavy (non-hydrogen) atoms. The number of aliphatic hydroxyl groups excluding tert-OH is 2. The quantitative estimate of drug-likeness (QED) is 0.620. The number of hydrogen-bond donors (Lipinski definition) is 2. The maximum atomic E-state index is 12.6. The highest BCUT2D eigenvalue weighted by molar-refractivity contribution is 5.33. The molecule has 7 nitrogen and oxygen atoms in total. The van der Waals surface area contributed by atoms with Gasteiger partial charge < -0.3 is 10.2 Å². The molecule has 0 saturated heterocycles. The number of nitro groups is 1. The summed E-state index contributed by atoms with van der Waals surface area (Å²) in [5.74, 6) is 0. The van der Waals surface area contributed by atoms with Crippen LogP contribution in [-0.4, -0.2) is 37.1 Å². The topological polar surface area (TPSA) is 101 Å². The molecule has 0 radical (unpaired) electrons. The Morgan fingerprint density at radius 3 is 2.39 bits per heavy atom. The summed E-state index contributed by atoms with van der Waals surface area (Å²) >= 11 is 0. The molecule has 2 atom stereocenters. The summed E-state index contributed by atoms with van der Waals surface area (Å²) in [4.78, 5) is 9.68. The van der Waals surface area contributed by atoms with E-state index < -0.39 is 41.0 Å². The van der Waals surface area contributed by atoms with Crippen LogP contribution in [0.25, 0.3) is 0 Å². The fraction of sp³-hybridized carbons (Fsp3) is 0.667. The normalized spacial score (nSPS) is 27.9. The first-order chi connectivity index (χ1) is 8.40.